The van der Waals surface area contributed by atoms with Gasteiger partial charge in [0.2, 0.25) is 5.91 Å². The predicted molar refractivity (Wildman–Crippen MR) is 112 cm³/mol. The fraction of sp³-hybridized carbons (Fsp3) is 0.391. The fourth-order valence-electron chi connectivity index (χ4n) is 3.44. The highest BCUT2D eigenvalue weighted by atomic mass is 16.5. The van der Waals surface area contributed by atoms with Gasteiger partial charge in [-0.3, -0.25) is 9.59 Å². The standard InChI is InChI=1S/C23H28N2O5/c1-15-8-10-17(11-9-15)23(29)24-13-19-22(28)21(27)18(30-19)12-20(26)25(2)14-16-6-4-3-5-7-16/h3-11,18-19,21-22,27-28H,12-14H2,1-2H3,(H,24,29). The molecule has 1 fully saturated rings. The smallest absolute Gasteiger partial charge is 0.251 e. The van der Waals surface area contributed by atoms with E-state index in [-0.39, 0.29) is 24.8 Å². The highest BCUT2D eigenvalue weighted by Gasteiger charge is 2.43. The van der Waals surface area contributed by atoms with E-state index in [1.54, 1.807) is 24.1 Å². The largest absolute Gasteiger partial charge is 0.388 e. The molecular weight excluding hydrogens is 384 g/mol. The molecule has 2 aromatic rings. The summed E-state index contributed by atoms with van der Waals surface area (Å²) in [7, 11) is 1.69. The summed E-state index contributed by atoms with van der Waals surface area (Å²) in [6.07, 6.45) is -4.04. The molecule has 0 bridgehead atoms. The molecule has 4 unspecified atom stereocenters. The molecule has 0 spiro atoms. The Hall–Kier alpha value is -2.74. The highest BCUT2D eigenvalue weighted by molar-refractivity contribution is 5.94. The number of amides is 2. The van der Waals surface area contributed by atoms with Gasteiger partial charge >= 0.3 is 0 Å². The maximum Gasteiger partial charge on any atom is 0.251 e. The van der Waals surface area contributed by atoms with Crippen LogP contribution in [0.2, 0.25) is 0 Å². The van der Waals surface area contributed by atoms with Crippen LogP contribution >= 0.6 is 0 Å². The molecule has 1 aliphatic heterocycles. The molecule has 2 amide bonds. The number of carbonyl (C=O) groups excluding carboxylic acids is 2. The van der Waals surface area contributed by atoms with Gasteiger partial charge in [0.25, 0.3) is 5.91 Å². The molecular formula is C23H28N2O5. The Bertz CT molecular complexity index is 856. The molecule has 0 saturated carbocycles. The number of hydrogen-bond donors (Lipinski definition) is 3. The molecule has 160 valence electrons. The second kappa shape index (κ2) is 9.84. The minimum atomic E-state index is -1.19. The lowest BCUT2D eigenvalue weighted by atomic mass is 10.0. The van der Waals surface area contributed by atoms with E-state index in [9.17, 15) is 19.8 Å². The molecule has 1 saturated heterocycles. The second-order valence-electron chi connectivity index (χ2n) is 7.71. The summed E-state index contributed by atoms with van der Waals surface area (Å²) in [4.78, 5) is 26.3. The van der Waals surface area contributed by atoms with Crippen LogP contribution in [0.4, 0.5) is 0 Å². The Morgan fingerprint density at radius 1 is 1.00 bits per heavy atom. The van der Waals surface area contributed by atoms with Crippen molar-refractivity contribution < 1.29 is 24.5 Å². The van der Waals surface area contributed by atoms with Gasteiger partial charge in [0.15, 0.2) is 0 Å². The van der Waals surface area contributed by atoms with Crippen molar-refractivity contribution in [1.29, 1.82) is 0 Å². The third kappa shape index (κ3) is 5.44. The molecule has 7 heteroatoms. The average molecular weight is 412 g/mol. The molecule has 3 N–H and O–H groups in total. The molecule has 1 heterocycles. The number of aliphatic hydroxyl groups is 2. The van der Waals surface area contributed by atoms with E-state index >= 15 is 0 Å². The SMILES string of the molecule is Cc1ccc(C(=O)NCC2OC(CC(=O)N(C)Cc3ccccc3)C(O)C2O)cc1. The van der Waals surface area contributed by atoms with Gasteiger partial charge in [-0.25, -0.2) is 0 Å². The van der Waals surface area contributed by atoms with Crippen molar-refractivity contribution >= 4 is 11.8 Å². The van der Waals surface area contributed by atoms with Crippen molar-refractivity contribution in [2.75, 3.05) is 13.6 Å². The van der Waals surface area contributed by atoms with E-state index in [1.807, 2.05) is 49.4 Å². The molecule has 0 radical (unpaired) electrons. The van der Waals surface area contributed by atoms with Crippen LogP contribution in [0.15, 0.2) is 54.6 Å². The minimum absolute atomic E-state index is 0.0372. The molecule has 7 nitrogen and oxygen atoms in total. The van der Waals surface area contributed by atoms with Gasteiger partial charge in [0.1, 0.15) is 18.3 Å². The average Bonchev–Trinajstić information content (AvgIpc) is 3.01. The second-order valence-corrected chi connectivity index (χ2v) is 7.71. The van der Waals surface area contributed by atoms with E-state index < -0.39 is 24.4 Å². The van der Waals surface area contributed by atoms with Gasteiger partial charge in [0, 0.05) is 25.7 Å². The van der Waals surface area contributed by atoms with Gasteiger partial charge in [-0.15, -0.1) is 0 Å². The molecule has 0 aromatic heterocycles. The zero-order chi connectivity index (χ0) is 21.7. The van der Waals surface area contributed by atoms with E-state index in [0.29, 0.717) is 12.1 Å². The lowest BCUT2D eigenvalue weighted by molar-refractivity contribution is -0.134. The van der Waals surface area contributed by atoms with Gasteiger partial charge in [-0.1, -0.05) is 48.0 Å². The van der Waals surface area contributed by atoms with Crippen molar-refractivity contribution in [1.82, 2.24) is 10.2 Å². The number of aliphatic hydroxyl groups excluding tert-OH is 2. The van der Waals surface area contributed by atoms with E-state index in [2.05, 4.69) is 5.32 Å². The van der Waals surface area contributed by atoms with Crippen molar-refractivity contribution in [2.45, 2.75) is 44.3 Å². The molecule has 4 atom stereocenters. The first-order chi connectivity index (χ1) is 14.3. The topological polar surface area (TPSA) is 99.1 Å². The van der Waals surface area contributed by atoms with Crippen LogP contribution in [-0.4, -0.2) is 64.9 Å². The van der Waals surface area contributed by atoms with E-state index in [0.717, 1.165) is 11.1 Å². The summed E-state index contributed by atoms with van der Waals surface area (Å²) >= 11 is 0. The van der Waals surface area contributed by atoms with Crippen LogP contribution in [-0.2, 0) is 16.1 Å². The number of aryl methyl sites for hydroxylation is 1. The van der Waals surface area contributed by atoms with Crippen LogP contribution in [0, 0.1) is 6.92 Å². The first kappa shape index (κ1) is 22.0. The summed E-state index contributed by atoms with van der Waals surface area (Å²) in [6, 6.07) is 16.7. The van der Waals surface area contributed by atoms with Crippen molar-refractivity contribution in [3.05, 3.63) is 71.3 Å². The first-order valence-electron chi connectivity index (χ1n) is 9.99. The Morgan fingerprint density at radius 3 is 2.30 bits per heavy atom. The van der Waals surface area contributed by atoms with Crippen LogP contribution in [0.25, 0.3) is 0 Å². The molecule has 2 aromatic carbocycles. The zero-order valence-corrected chi connectivity index (χ0v) is 17.2. The van der Waals surface area contributed by atoms with E-state index in [4.69, 9.17) is 4.74 Å². The predicted octanol–water partition coefficient (Wildman–Crippen LogP) is 1.26. The number of benzene rings is 2. The summed E-state index contributed by atoms with van der Waals surface area (Å²) in [5.74, 6) is -0.484. The summed E-state index contributed by atoms with van der Waals surface area (Å²) in [5.41, 5.74) is 2.55. The maximum atomic E-state index is 12.5. The summed E-state index contributed by atoms with van der Waals surface area (Å²) < 4.78 is 5.70. The van der Waals surface area contributed by atoms with Crippen LogP contribution in [0.3, 0.4) is 0 Å². The quantitative estimate of drug-likeness (QED) is 0.636. The Kier molecular flexibility index (Phi) is 7.20. The minimum Gasteiger partial charge on any atom is -0.388 e. The summed E-state index contributed by atoms with van der Waals surface area (Å²) in [5, 5.41) is 23.3. The van der Waals surface area contributed by atoms with Crippen molar-refractivity contribution in [2.24, 2.45) is 0 Å². The monoisotopic (exact) mass is 412 g/mol. The van der Waals surface area contributed by atoms with Gasteiger partial charge in [-0.05, 0) is 24.6 Å². The van der Waals surface area contributed by atoms with Crippen LogP contribution < -0.4 is 5.32 Å². The lowest BCUT2D eigenvalue weighted by Gasteiger charge is -2.21. The molecule has 30 heavy (non-hydrogen) atoms. The number of nitrogens with one attached hydrogen (secondary N) is 1. The Balaban J connectivity index is 1.51. The van der Waals surface area contributed by atoms with Gasteiger partial charge in [-0.2, -0.15) is 0 Å². The third-order valence-electron chi connectivity index (χ3n) is 5.30. The van der Waals surface area contributed by atoms with Crippen molar-refractivity contribution in [3.8, 4) is 0 Å². The first-order valence-corrected chi connectivity index (χ1v) is 9.99. The fourth-order valence-corrected chi connectivity index (χ4v) is 3.44. The number of hydrogen-bond acceptors (Lipinski definition) is 5. The molecule has 3 rings (SSSR count). The lowest BCUT2D eigenvalue weighted by Crippen LogP contribution is -2.40. The van der Waals surface area contributed by atoms with Crippen LogP contribution in [0.1, 0.15) is 27.9 Å². The summed E-state index contributed by atoms with van der Waals surface area (Å²) in [6.45, 7) is 2.42. The van der Waals surface area contributed by atoms with Gasteiger partial charge in [0.05, 0.1) is 12.5 Å². The number of ether oxygens (including phenoxy) is 1. The third-order valence-corrected chi connectivity index (χ3v) is 5.30. The zero-order valence-electron chi connectivity index (χ0n) is 17.2. The normalized spacial score (nSPS) is 23.2. The van der Waals surface area contributed by atoms with Crippen molar-refractivity contribution in [3.63, 3.8) is 0 Å². The number of rotatable bonds is 7. The maximum absolute atomic E-state index is 12.5. The van der Waals surface area contributed by atoms with E-state index in [1.165, 1.54) is 0 Å². The number of carbonyl (C=O) groups is 2. The molecule has 0 aliphatic carbocycles. The van der Waals surface area contributed by atoms with Crippen LogP contribution in [0.5, 0.6) is 0 Å². The number of nitrogens with zero attached hydrogens (tertiary/aromatic N) is 1. The highest BCUT2D eigenvalue weighted by Crippen LogP contribution is 2.24. The Labute approximate surface area is 176 Å². The van der Waals surface area contributed by atoms with Gasteiger partial charge < -0.3 is 25.2 Å². The Morgan fingerprint density at radius 2 is 1.63 bits per heavy atom. The molecule has 1 aliphatic rings.